The van der Waals surface area contributed by atoms with Gasteiger partial charge in [-0.05, 0) is 84.8 Å². The third kappa shape index (κ3) is 4.32. The summed E-state index contributed by atoms with van der Waals surface area (Å²) in [6.07, 6.45) is 3.26. The summed E-state index contributed by atoms with van der Waals surface area (Å²) in [6.45, 7) is 9.80. The molecule has 1 aromatic heterocycles. The summed E-state index contributed by atoms with van der Waals surface area (Å²) in [6, 6.07) is 12.2. The highest BCUT2D eigenvalue weighted by Crippen LogP contribution is 2.43. The zero-order chi connectivity index (χ0) is 25.4. The number of benzene rings is 2. The molecule has 0 saturated carbocycles. The summed E-state index contributed by atoms with van der Waals surface area (Å²) >= 11 is 0. The molecule has 3 aromatic rings. The average Bonchev–Trinajstić information content (AvgIpc) is 3.08. The van der Waals surface area contributed by atoms with Crippen LogP contribution in [0, 0.1) is 20.8 Å². The fourth-order valence-corrected chi connectivity index (χ4v) is 4.77. The van der Waals surface area contributed by atoms with Crippen molar-refractivity contribution in [2.45, 2.75) is 46.6 Å². The Morgan fingerprint density at radius 2 is 1.74 bits per heavy atom. The number of hydrogen-bond acceptors (Lipinski definition) is 5. The number of carbonyl (C=O) groups excluding carboxylic acids is 2. The standard InChI is InChI=1S/C29H30N2O4/c1-16(2)22-14-23(19(5)13-24(22)35-6)27(32)25-26(20-8-7-9-30-15-20)31(29(34)28(25)33)21-11-17(3)10-18(4)12-21/h7-16,26,32H,1-6H3/b27-25+. The van der Waals surface area contributed by atoms with Gasteiger partial charge in [0.1, 0.15) is 11.5 Å². The molecule has 2 heterocycles. The molecule has 0 aliphatic carbocycles. The van der Waals surface area contributed by atoms with Crippen LogP contribution in [0.15, 0.2) is 60.4 Å². The number of Topliss-reactive ketones (excluding diaryl/α,β-unsaturated/α-hetero) is 1. The largest absolute Gasteiger partial charge is 0.507 e. The lowest BCUT2D eigenvalue weighted by Gasteiger charge is -2.26. The number of aryl methyl sites for hydroxylation is 3. The molecule has 6 heteroatoms. The van der Waals surface area contributed by atoms with E-state index in [9.17, 15) is 14.7 Å². The van der Waals surface area contributed by atoms with E-state index in [1.54, 1.807) is 25.6 Å². The lowest BCUT2D eigenvalue weighted by Crippen LogP contribution is -2.29. The number of ether oxygens (including phenoxy) is 1. The number of hydrogen-bond donors (Lipinski definition) is 1. The van der Waals surface area contributed by atoms with Crippen LogP contribution in [0.2, 0.25) is 0 Å². The Bertz CT molecular complexity index is 1320. The maximum absolute atomic E-state index is 13.5. The van der Waals surface area contributed by atoms with Crippen molar-refractivity contribution in [3.63, 3.8) is 0 Å². The predicted molar refractivity (Wildman–Crippen MR) is 137 cm³/mol. The minimum Gasteiger partial charge on any atom is -0.507 e. The molecule has 1 atom stereocenters. The third-order valence-electron chi connectivity index (χ3n) is 6.38. The van der Waals surface area contributed by atoms with Crippen LogP contribution in [0.4, 0.5) is 5.69 Å². The minimum absolute atomic E-state index is 0.0464. The number of aromatic nitrogens is 1. The topological polar surface area (TPSA) is 79.7 Å². The first-order chi connectivity index (χ1) is 16.6. The van der Waals surface area contributed by atoms with E-state index in [-0.39, 0.29) is 17.3 Å². The van der Waals surface area contributed by atoms with Crippen molar-refractivity contribution in [1.29, 1.82) is 0 Å². The Kier molecular flexibility index (Phi) is 6.48. The Morgan fingerprint density at radius 3 is 2.31 bits per heavy atom. The first-order valence-corrected chi connectivity index (χ1v) is 11.6. The monoisotopic (exact) mass is 470 g/mol. The second-order valence-electron chi connectivity index (χ2n) is 9.37. The number of nitrogens with zero attached hydrogens (tertiary/aromatic N) is 2. The van der Waals surface area contributed by atoms with Crippen molar-refractivity contribution in [2.75, 3.05) is 12.0 Å². The van der Waals surface area contributed by atoms with Gasteiger partial charge in [0.2, 0.25) is 0 Å². The highest BCUT2D eigenvalue weighted by Gasteiger charge is 2.47. The fourth-order valence-electron chi connectivity index (χ4n) is 4.77. The van der Waals surface area contributed by atoms with Gasteiger partial charge < -0.3 is 9.84 Å². The van der Waals surface area contributed by atoms with Crippen LogP contribution in [0.5, 0.6) is 5.75 Å². The second kappa shape index (κ2) is 9.37. The maximum atomic E-state index is 13.5. The molecule has 2 aromatic carbocycles. The normalized spacial score (nSPS) is 17.3. The van der Waals surface area contributed by atoms with E-state index >= 15 is 0 Å². The number of rotatable bonds is 5. The summed E-state index contributed by atoms with van der Waals surface area (Å²) in [5.74, 6) is -0.763. The maximum Gasteiger partial charge on any atom is 0.300 e. The Balaban J connectivity index is 1.99. The minimum atomic E-state index is -0.811. The molecule has 1 saturated heterocycles. The Hall–Kier alpha value is -3.93. The molecule has 0 radical (unpaired) electrons. The van der Waals surface area contributed by atoms with Gasteiger partial charge in [0.05, 0.1) is 18.7 Å². The van der Waals surface area contributed by atoms with Crippen molar-refractivity contribution in [3.8, 4) is 5.75 Å². The van der Waals surface area contributed by atoms with Gasteiger partial charge in [-0.3, -0.25) is 19.5 Å². The molecule has 1 amide bonds. The fraction of sp³-hybridized carbons (Fsp3) is 0.276. The van der Waals surface area contributed by atoms with Gasteiger partial charge in [0.25, 0.3) is 11.7 Å². The van der Waals surface area contributed by atoms with Crippen LogP contribution in [0.25, 0.3) is 5.76 Å². The van der Waals surface area contributed by atoms with Crippen molar-refractivity contribution < 1.29 is 19.4 Å². The summed E-state index contributed by atoms with van der Waals surface area (Å²) in [4.78, 5) is 32.5. The van der Waals surface area contributed by atoms with E-state index in [2.05, 4.69) is 4.98 Å². The number of aliphatic hydroxyl groups is 1. The van der Waals surface area contributed by atoms with Gasteiger partial charge >= 0.3 is 0 Å². The third-order valence-corrected chi connectivity index (χ3v) is 6.38. The van der Waals surface area contributed by atoms with E-state index in [1.165, 1.54) is 4.90 Å². The van der Waals surface area contributed by atoms with E-state index in [4.69, 9.17) is 4.74 Å². The number of ketones is 1. The highest BCUT2D eigenvalue weighted by atomic mass is 16.5. The van der Waals surface area contributed by atoms with Crippen molar-refractivity contribution in [1.82, 2.24) is 4.98 Å². The van der Waals surface area contributed by atoms with E-state index in [0.717, 1.165) is 22.3 Å². The first kappa shape index (κ1) is 24.2. The zero-order valence-electron chi connectivity index (χ0n) is 20.9. The molecule has 1 aliphatic rings. The second-order valence-corrected chi connectivity index (χ2v) is 9.37. The Morgan fingerprint density at radius 1 is 1.06 bits per heavy atom. The molecule has 0 spiro atoms. The zero-order valence-corrected chi connectivity index (χ0v) is 20.9. The quantitative estimate of drug-likeness (QED) is 0.291. The van der Waals surface area contributed by atoms with Crippen LogP contribution in [-0.4, -0.2) is 28.9 Å². The predicted octanol–water partition coefficient (Wildman–Crippen LogP) is 5.77. The van der Waals surface area contributed by atoms with Crippen LogP contribution in [0.3, 0.4) is 0 Å². The van der Waals surface area contributed by atoms with Gasteiger partial charge in [-0.1, -0.05) is 26.0 Å². The summed E-state index contributed by atoms with van der Waals surface area (Å²) in [5, 5.41) is 11.6. The number of methoxy groups -OCH3 is 1. The van der Waals surface area contributed by atoms with E-state index < -0.39 is 17.7 Å². The molecule has 6 nitrogen and oxygen atoms in total. The summed E-state index contributed by atoms with van der Waals surface area (Å²) in [5.41, 5.74) is 5.38. The summed E-state index contributed by atoms with van der Waals surface area (Å²) in [7, 11) is 1.61. The number of aliphatic hydroxyl groups excluding tert-OH is 1. The van der Waals surface area contributed by atoms with E-state index in [0.29, 0.717) is 22.6 Å². The van der Waals surface area contributed by atoms with Crippen molar-refractivity contribution >= 4 is 23.1 Å². The smallest absolute Gasteiger partial charge is 0.300 e. The van der Waals surface area contributed by atoms with Crippen LogP contribution < -0.4 is 9.64 Å². The molecule has 0 bridgehead atoms. The number of anilines is 1. The lowest BCUT2D eigenvalue weighted by atomic mass is 9.91. The molecule has 4 rings (SSSR count). The first-order valence-electron chi connectivity index (χ1n) is 11.6. The molecule has 180 valence electrons. The van der Waals surface area contributed by atoms with Gasteiger partial charge in [0.15, 0.2) is 0 Å². The van der Waals surface area contributed by atoms with Crippen molar-refractivity contribution in [3.05, 3.63) is 93.8 Å². The van der Waals surface area contributed by atoms with Gasteiger partial charge in [0, 0.05) is 23.6 Å². The average molecular weight is 471 g/mol. The molecule has 1 unspecified atom stereocenters. The SMILES string of the molecule is COc1cc(C)c(/C(O)=C2\C(=O)C(=O)N(c3cc(C)cc(C)c3)C2c2cccnc2)cc1C(C)C. The lowest BCUT2D eigenvalue weighted by molar-refractivity contribution is -0.132. The molecular weight excluding hydrogens is 440 g/mol. The molecular formula is C29H30N2O4. The van der Waals surface area contributed by atoms with Gasteiger partial charge in [-0.2, -0.15) is 0 Å². The van der Waals surface area contributed by atoms with Gasteiger partial charge in [-0.15, -0.1) is 0 Å². The van der Waals surface area contributed by atoms with Crippen LogP contribution in [0.1, 0.15) is 59.2 Å². The number of pyridine rings is 1. The van der Waals surface area contributed by atoms with Crippen LogP contribution >= 0.6 is 0 Å². The summed E-state index contributed by atoms with van der Waals surface area (Å²) < 4.78 is 5.54. The number of carbonyl (C=O) groups is 2. The van der Waals surface area contributed by atoms with Crippen molar-refractivity contribution in [2.24, 2.45) is 0 Å². The van der Waals surface area contributed by atoms with Crippen LogP contribution in [-0.2, 0) is 9.59 Å². The molecule has 1 N–H and O–H groups in total. The van der Waals surface area contributed by atoms with E-state index in [1.807, 2.05) is 71.0 Å². The Labute approximate surface area is 205 Å². The van der Waals surface area contributed by atoms with Gasteiger partial charge in [-0.25, -0.2) is 0 Å². The molecule has 1 fully saturated rings. The molecule has 1 aliphatic heterocycles. The molecule has 35 heavy (non-hydrogen) atoms. The number of amides is 1. The highest BCUT2D eigenvalue weighted by molar-refractivity contribution is 6.51.